The number of methoxy groups -OCH3 is 1. The number of amides is 3. The second kappa shape index (κ2) is 12.7. The van der Waals surface area contributed by atoms with Crippen LogP contribution in [0.15, 0.2) is 48.5 Å². The average molecular weight is 519 g/mol. The number of imidazole rings is 1. The number of rotatable bonds is 6. The Morgan fingerprint density at radius 1 is 1.21 bits per heavy atom. The summed E-state index contributed by atoms with van der Waals surface area (Å²) in [6, 6.07) is 15.6. The number of hydrogen-bond acceptors (Lipinski definition) is 6. The number of para-hydroxylation sites is 1. The van der Waals surface area contributed by atoms with Gasteiger partial charge in [-0.05, 0) is 36.6 Å². The van der Waals surface area contributed by atoms with E-state index < -0.39 is 23.8 Å². The minimum absolute atomic E-state index is 0.0944. The number of nitriles is 1. The zero-order chi connectivity index (χ0) is 27.8. The summed E-state index contributed by atoms with van der Waals surface area (Å²) in [6.07, 6.45) is 0.240. The van der Waals surface area contributed by atoms with Crippen molar-refractivity contribution in [2.24, 2.45) is 11.8 Å². The van der Waals surface area contributed by atoms with Crippen molar-refractivity contribution in [1.29, 1.82) is 5.26 Å². The molecule has 2 N–H and O–H groups in total. The van der Waals surface area contributed by atoms with E-state index in [1.807, 2.05) is 18.2 Å². The van der Waals surface area contributed by atoms with E-state index in [2.05, 4.69) is 42.1 Å². The van der Waals surface area contributed by atoms with Crippen LogP contribution in [0.4, 0.5) is 5.69 Å². The summed E-state index contributed by atoms with van der Waals surface area (Å²) >= 11 is 0. The van der Waals surface area contributed by atoms with Gasteiger partial charge in [-0.2, -0.15) is 5.26 Å². The molecule has 2 atom stereocenters. The van der Waals surface area contributed by atoms with Crippen molar-refractivity contribution in [3.05, 3.63) is 54.4 Å². The number of hydrogen-bond donors (Lipinski definition) is 2. The molecule has 200 valence electrons. The van der Waals surface area contributed by atoms with E-state index in [4.69, 9.17) is 4.74 Å². The smallest absolute Gasteiger partial charge is 0.289 e. The van der Waals surface area contributed by atoms with Gasteiger partial charge in [0.25, 0.3) is 5.91 Å². The number of H-pyrrole nitrogens is 1. The van der Waals surface area contributed by atoms with Crippen LogP contribution in [0.25, 0.3) is 11.0 Å². The number of likely N-dealkylation sites (N-methyl/N-ethyl adjacent to an activating group) is 1. The van der Waals surface area contributed by atoms with Crippen LogP contribution in [0.1, 0.15) is 37.8 Å². The first-order valence-corrected chi connectivity index (χ1v) is 12.5. The highest BCUT2D eigenvalue weighted by Gasteiger charge is 2.39. The van der Waals surface area contributed by atoms with E-state index in [1.54, 1.807) is 37.4 Å². The summed E-state index contributed by atoms with van der Waals surface area (Å²) in [5.74, 6) is -0.0770. The Balaban J connectivity index is 0.000000934. The Bertz CT molecular complexity index is 1310. The molecular weight excluding hydrogens is 484 g/mol. The molecule has 0 saturated carbocycles. The lowest BCUT2D eigenvalue weighted by atomic mass is 10.1. The second-order valence-corrected chi connectivity index (χ2v) is 9.84. The summed E-state index contributed by atoms with van der Waals surface area (Å²) in [5, 5.41) is 12.4. The van der Waals surface area contributed by atoms with Crippen LogP contribution in [0, 0.1) is 23.2 Å². The summed E-state index contributed by atoms with van der Waals surface area (Å²) < 4.78 is 5.18. The third-order valence-electron chi connectivity index (χ3n) is 5.79. The number of carbonyl (C=O) groups is 3. The number of ether oxygens (including phenoxy) is 1. The normalized spacial score (nSPS) is 16.4. The minimum atomic E-state index is -0.735. The molecule has 10 heteroatoms. The van der Waals surface area contributed by atoms with Gasteiger partial charge in [0.2, 0.25) is 11.8 Å². The number of likely N-dealkylation sites (tertiary alicyclic amines) is 1. The number of anilines is 1. The molecule has 0 spiro atoms. The zero-order valence-corrected chi connectivity index (χ0v) is 22.4. The Morgan fingerprint density at radius 3 is 2.53 bits per heavy atom. The molecule has 1 saturated heterocycles. The first-order valence-electron chi connectivity index (χ1n) is 12.5. The second-order valence-electron chi connectivity index (χ2n) is 9.84. The fourth-order valence-corrected chi connectivity index (χ4v) is 3.95. The van der Waals surface area contributed by atoms with Crippen LogP contribution in [0.3, 0.4) is 0 Å². The summed E-state index contributed by atoms with van der Waals surface area (Å²) in [6.45, 7) is 6.37. The average Bonchev–Trinajstić information content (AvgIpc) is 3.52. The fraction of sp³-hybridized carbons (Fsp3) is 0.393. The Labute approximate surface area is 222 Å². The highest BCUT2D eigenvalue weighted by atomic mass is 16.5. The van der Waals surface area contributed by atoms with Crippen LogP contribution < -0.4 is 10.1 Å². The zero-order valence-electron chi connectivity index (χ0n) is 22.4. The third kappa shape index (κ3) is 7.09. The van der Waals surface area contributed by atoms with Gasteiger partial charge >= 0.3 is 0 Å². The molecule has 1 fully saturated rings. The number of aromatic amines is 1. The Hall–Kier alpha value is -4.39. The molecule has 10 nitrogen and oxygen atoms in total. The van der Waals surface area contributed by atoms with E-state index in [-0.39, 0.29) is 31.2 Å². The van der Waals surface area contributed by atoms with Gasteiger partial charge in [0.05, 0.1) is 36.7 Å². The molecule has 0 aliphatic carbocycles. The van der Waals surface area contributed by atoms with Gasteiger partial charge in [-0.15, -0.1) is 0 Å². The van der Waals surface area contributed by atoms with Crippen LogP contribution in [0.5, 0.6) is 5.75 Å². The highest BCUT2D eigenvalue weighted by molar-refractivity contribution is 5.97. The molecule has 3 amide bonds. The molecule has 0 bridgehead atoms. The van der Waals surface area contributed by atoms with Gasteiger partial charge in [-0.3, -0.25) is 14.4 Å². The van der Waals surface area contributed by atoms with Gasteiger partial charge in [0.1, 0.15) is 11.8 Å². The van der Waals surface area contributed by atoms with Gasteiger partial charge in [-0.1, -0.05) is 39.0 Å². The number of benzene rings is 2. The first kappa shape index (κ1) is 28.2. The molecular formula is C28H34N6O4. The third-order valence-corrected chi connectivity index (χ3v) is 5.79. The van der Waals surface area contributed by atoms with Gasteiger partial charge in [0, 0.05) is 25.3 Å². The van der Waals surface area contributed by atoms with E-state index in [0.29, 0.717) is 22.5 Å². The van der Waals surface area contributed by atoms with E-state index in [0.717, 1.165) is 5.92 Å². The van der Waals surface area contributed by atoms with Crippen molar-refractivity contribution in [3.8, 4) is 11.8 Å². The largest absolute Gasteiger partial charge is 0.497 e. The Morgan fingerprint density at radius 2 is 1.89 bits per heavy atom. The van der Waals surface area contributed by atoms with Crippen LogP contribution in [-0.4, -0.2) is 70.8 Å². The SMILES string of the molecule is CC(C)C.COc1ccc2nc(C(=O)N(C)CC(=O)N3CC(C(=O)Nc4ccccc4)CC3C#N)[nH]c2c1. The minimum Gasteiger partial charge on any atom is -0.497 e. The topological polar surface area (TPSA) is 131 Å². The number of carbonyl (C=O) groups excluding carboxylic acids is 3. The molecule has 3 aromatic rings. The first-order chi connectivity index (χ1) is 18.1. The fourth-order valence-electron chi connectivity index (χ4n) is 3.95. The highest BCUT2D eigenvalue weighted by Crippen LogP contribution is 2.25. The summed E-state index contributed by atoms with van der Waals surface area (Å²) in [5.41, 5.74) is 1.89. The number of nitrogens with one attached hydrogen (secondary N) is 2. The molecule has 1 aromatic heterocycles. The number of fused-ring (bicyclic) bond motifs is 1. The monoisotopic (exact) mass is 518 g/mol. The van der Waals surface area contributed by atoms with Gasteiger partial charge < -0.3 is 24.8 Å². The van der Waals surface area contributed by atoms with Crippen LogP contribution in [0.2, 0.25) is 0 Å². The Kier molecular flexibility index (Phi) is 9.44. The van der Waals surface area contributed by atoms with Gasteiger partial charge in [-0.25, -0.2) is 4.98 Å². The molecule has 0 radical (unpaired) electrons. The lowest BCUT2D eigenvalue weighted by Gasteiger charge is -2.23. The van der Waals surface area contributed by atoms with Crippen molar-refractivity contribution in [2.75, 3.05) is 32.6 Å². The predicted molar refractivity (Wildman–Crippen MR) is 144 cm³/mol. The quantitative estimate of drug-likeness (QED) is 0.512. The predicted octanol–water partition coefficient (Wildman–Crippen LogP) is 3.69. The van der Waals surface area contributed by atoms with E-state index in [1.165, 1.54) is 16.8 Å². The van der Waals surface area contributed by atoms with Crippen LogP contribution in [-0.2, 0) is 9.59 Å². The maximum Gasteiger partial charge on any atom is 0.289 e. The van der Waals surface area contributed by atoms with Crippen LogP contribution >= 0.6 is 0 Å². The molecule has 2 heterocycles. The number of aromatic nitrogens is 2. The maximum absolute atomic E-state index is 12.9. The lowest BCUT2D eigenvalue weighted by molar-refractivity contribution is -0.131. The van der Waals surface area contributed by atoms with Crippen molar-refractivity contribution >= 4 is 34.4 Å². The molecule has 4 rings (SSSR count). The van der Waals surface area contributed by atoms with Crippen molar-refractivity contribution in [1.82, 2.24) is 19.8 Å². The maximum atomic E-state index is 12.9. The van der Waals surface area contributed by atoms with Gasteiger partial charge in [0.15, 0.2) is 5.82 Å². The molecule has 2 unspecified atom stereocenters. The standard InChI is InChI=1S/C24H24N6O4.C4H10/c1-29(24(33)22-27-19-9-8-18(34-2)11-20(19)28-22)14-21(31)30-13-15(10-17(30)12-25)23(32)26-16-6-4-3-5-7-16;1-4(2)3/h3-9,11,15,17H,10,13-14H2,1-2H3,(H,26,32)(H,27,28);4H,1-3H3. The van der Waals surface area contributed by atoms with E-state index >= 15 is 0 Å². The summed E-state index contributed by atoms with van der Waals surface area (Å²) in [4.78, 5) is 48.3. The van der Waals surface area contributed by atoms with Crippen molar-refractivity contribution in [2.45, 2.75) is 33.2 Å². The van der Waals surface area contributed by atoms with Crippen molar-refractivity contribution < 1.29 is 19.1 Å². The summed E-state index contributed by atoms with van der Waals surface area (Å²) in [7, 11) is 3.04. The lowest BCUT2D eigenvalue weighted by Crippen LogP contribution is -2.43. The number of nitrogens with zero attached hydrogens (tertiary/aromatic N) is 4. The molecule has 1 aliphatic heterocycles. The van der Waals surface area contributed by atoms with E-state index in [9.17, 15) is 19.6 Å². The molecule has 1 aliphatic rings. The van der Waals surface area contributed by atoms with Crippen molar-refractivity contribution in [3.63, 3.8) is 0 Å². The molecule has 2 aromatic carbocycles. The molecule has 38 heavy (non-hydrogen) atoms.